The molecule has 2 aromatic rings. The molecule has 110 valence electrons. The quantitative estimate of drug-likeness (QED) is 0.642. The summed E-state index contributed by atoms with van der Waals surface area (Å²) in [6, 6.07) is 16.8. The number of hydrogen-bond acceptors (Lipinski definition) is 4. The van der Waals surface area contributed by atoms with Gasteiger partial charge >= 0.3 is 0 Å². The van der Waals surface area contributed by atoms with Crippen molar-refractivity contribution in [3.05, 3.63) is 69.8 Å². The van der Waals surface area contributed by atoms with Crippen LogP contribution in [0.25, 0.3) is 0 Å². The topological polar surface area (TPSA) is 70.2 Å². The van der Waals surface area contributed by atoms with Crippen LogP contribution >= 0.6 is 0 Å². The number of non-ortho nitro benzene ring substituents is 1. The van der Waals surface area contributed by atoms with Gasteiger partial charge in [-0.3, -0.25) is 10.1 Å². The number of aryl methyl sites for hydroxylation is 1. The highest BCUT2D eigenvalue weighted by molar-refractivity contribution is 5.58. The van der Waals surface area contributed by atoms with Crippen molar-refractivity contribution in [1.82, 2.24) is 0 Å². The van der Waals surface area contributed by atoms with Crippen molar-refractivity contribution >= 4 is 11.4 Å². The minimum Gasteiger partial charge on any atom is -0.351 e. The fourth-order valence-corrected chi connectivity index (χ4v) is 2.91. The molecule has 0 aliphatic carbocycles. The van der Waals surface area contributed by atoms with Gasteiger partial charge in [0.25, 0.3) is 5.69 Å². The van der Waals surface area contributed by atoms with E-state index in [9.17, 15) is 15.4 Å². The Morgan fingerprint density at radius 3 is 2.86 bits per heavy atom. The fraction of sp³-hybridized carbons (Fsp3) is 0.235. The summed E-state index contributed by atoms with van der Waals surface area (Å²) in [5, 5.41) is 20.3. The third-order valence-electron chi connectivity index (χ3n) is 3.99. The first-order valence-corrected chi connectivity index (χ1v) is 7.16. The zero-order chi connectivity index (χ0) is 15.5. The number of nitro benzene ring substituents is 1. The summed E-state index contributed by atoms with van der Waals surface area (Å²) in [7, 11) is 0. The molecule has 1 atom stereocenters. The van der Waals surface area contributed by atoms with Gasteiger partial charge in [-0.15, -0.1) is 0 Å². The third-order valence-corrected chi connectivity index (χ3v) is 3.99. The summed E-state index contributed by atoms with van der Waals surface area (Å²) in [6.07, 6.45) is 1.67. The molecule has 0 bridgehead atoms. The maximum absolute atomic E-state index is 10.9. The maximum Gasteiger partial charge on any atom is 0.269 e. The Kier molecular flexibility index (Phi) is 3.75. The van der Waals surface area contributed by atoms with Crippen LogP contribution in [0.5, 0.6) is 0 Å². The van der Waals surface area contributed by atoms with Crippen molar-refractivity contribution in [2.45, 2.75) is 25.4 Å². The van der Waals surface area contributed by atoms with Gasteiger partial charge in [0.15, 0.2) is 0 Å². The zero-order valence-corrected chi connectivity index (χ0v) is 12.0. The minimum absolute atomic E-state index is 0.0799. The lowest BCUT2D eigenvalue weighted by Crippen LogP contribution is -2.37. The molecule has 1 aliphatic heterocycles. The first-order chi connectivity index (χ1) is 10.7. The van der Waals surface area contributed by atoms with Gasteiger partial charge in [0.2, 0.25) is 0 Å². The van der Waals surface area contributed by atoms with E-state index in [0.29, 0.717) is 6.54 Å². The average Bonchev–Trinajstić information content (AvgIpc) is 2.55. The fourth-order valence-electron chi connectivity index (χ4n) is 2.91. The molecular formula is C17H15N3O2. The second-order valence-electron chi connectivity index (χ2n) is 5.37. The van der Waals surface area contributed by atoms with Gasteiger partial charge in [0, 0.05) is 24.4 Å². The van der Waals surface area contributed by atoms with Crippen LogP contribution in [0.15, 0.2) is 48.5 Å². The van der Waals surface area contributed by atoms with Crippen molar-refractivity contribution in [3.63, 3.8) is 0 Å². The van der Waals surface area contributed by atoms with Crippen molar-refractivity contribution < 1.29 is 4.92 Å². The zero-order valence-electron chi connectivity index (χ0n) is 12.0. The monoisotopic (exact) mass is 293 g/mol. The van der Waals surface area contributed by atoms with Gasteiger partial charge in [-0.2, -0.15) is 5.26 Å². The van der Waals surface area contributed by atoms with Crippen LogP contribution in [-0.2, 0) is 13.0 Å². The summed E-state index contributed by atoms with van der Waals surface area (Å²) < 4.78 is 0. The first-order valence-electron chi connectivity index (χ1n) is 7.16. The van der Waals surface area contributed by atoms with E-state index in [1.807, 2.05) is 29.2 Å². The lowest BCUT2D eigenvalue weighted by Gasteiger charge is -2.35. The van der Waals surface area contributed by atoms with Crippen molar-refractivity contribution in [2.24, 2.45) is 0 Å². The van der Waals surface area contributed by atoms with E-state index in [2.05, 4.69) is 12.1 Å². The number of fused-ring (bicyclic) bond motifs is 1. The van der Waals surface area contributed by atoms with E-state index in [4.69, 9.17) is 0 Å². The van der Waals surface area contributed by atoms with E-state index >= 15 is 0 Å². The van der Waals surface area contributed by atoms with Crippen molar-refractivity contribution in [1.29, 1.82) is 5.26 Å². The van der Waals surface area contributed by atoms with Crippen LogP contribution in [0.2, 0.25) is 0 Å². The van der Waals surface area contributed by atoms with Crippen LogP contribution in [0.3, 0.4) is 0 Å². The molecule has 0 saturated carbocycles. The lowest BCUT2D eigenvalue weighted by atomic mass is 9.95. The predicted octanol–water partition coefficient (Wildman–Crippen LogP) is 3.44. The number of nitrogens with zero attached hydrogens (tertiary/aromatic N) is 3. The molecule has 0 amide bonds. The molecule has 22 heavy (non-hydrogen) atoms. The molecule has 0 aromatic heterocycles. The van der Waals surface area contributed by atoms with Gasteiger partial charge in [-0.25, -0.2) is 0 Å². The summed E-state index contributed by atoms with van der Waals surface area (Å²) in [5.74, 6) is 0. The molecule has 2 aromatic carbocycles. The molecule has 0 radical (unpaired) electrons. The Balaban J connectivity index is 1.94. The third kappa shape index (κ3) is 2.63. The molecule has 0 N–H and O–H groups in total. The van der Waals surface area contributed by atoms with Gasteiger partial charge in [0.1, 0.15) is 6.04 Å². The highest BCUT2D eigenvalue weighted by Gasteiger charge is 2.26. The summed E-state index contributed by atoms with van der Waals surface area (Å²) in [4.78, 5) is 12.6. The Morgan fingerprint density at radius 2 is 2.09 bits per heavy atom. The summed E-state index contributed by atoms with van der Waals surface area (Å²) in [5.41, 5.74) is 3.19. The Morgan fingerprint density at radius 1 is 1.27 bits per heavy atom. The number of anilines is 1. The molecular weight excluding hydrogens is 278 g/mol. The second-order valence-corrected chi connectivity index (χ2v) is 5.37. The number of nitro groups is 1. The van der Waals surface area contributed by atoms with Crippen LogP contribution in [0, 0.1) is 21.4 Å². The van der Waals surface area contributed by atoms with Gasteiger partial charge in [-0.05, 0) is 30.0 Å². The van der Waals surface area contributed by atoms with E-state index in [0.717, 1.165) is 24.1 Å². The SMILES string of the molecule is N#CC1CCc2ccccc2N1Cc1cccc([N+](=O)[O-])c1. The van der Waals surface area contributed by atoms with Gasteiger partial charge in [0.05, 0.1) is 11.0 Å². The Labute approximate surface area is 128 Å². The molecule has 0 spiro atoms. The summed E-state index contributed by atoms with van der Waals surface area (Å²) >= 11 is 0. The highest BCUT2D eigenvalue weighted by atomic mass is 16.6. The number of para-hydroxylation sites is 1. The number of benzene rings is 2. The smallest absolute Gasteiger partial charge is 0.269 e. The molecule has 1 unspecified atom stereocenters. The average molecular weight is 293 g/mol. The maximum atomic E-state index is 10.9. The number of rotatable bonds is 3. The van der Waals surface area contributed by atoms with E-state index in [1.54, 1.807) is 12.1 Å². The van der Waals surface area contributed by atoms with Crippen LogP contribution < -0.4 is 4.90 Å². The van der Waals surface area contributed by atoms with E-state index < -0.39 is 4.92 Å². The second kappa shape index (κ2) is 5.86. The first kappa shape index (κ1) is 14.1. The van der Waals surface area contributed by atoms with Gasteiger partial charge < -0.3 is 4.90 Å². The number of nitriles is 1. The van der Waals surface area contributed by atoms with Crippen LogP contribution in [-0.4, -0.2) is 11.0 Å². The minimum atomic E-state index is -0.393. The Bertz CT molecular complexity index is 752. The largest absolute Gasteiger partial charge is 0.351 e. The van der Waals surface area contributed by atoms with E-state index in [1.165, 1.54) is 11.6 Å². The van der Waals surface area contributed by atoms with Crippen LogP contribution in [0.1, 0.15) is 17.5 Å². The van der Waals surface area contributed by atoms with Crippen molar-refractivity contribution in [3.8, 4) is 6.07 Å². The van der Waals surface area contributed by atoms with Gasteiger partial charge in [-0.1, -0.05) is 30.3 Å². The Hall–Kier alpha value is -2.87. The molecule has 5 nitrogen and oxygen atoms in total. The summed E-state index contributed by atoms with van der Waals surface area (Å²) in [6.45, 7) is 0.497. The molecule has 0 fully saturated rings. The standard InChI is InChI=1S/C17H15N3O2/c18-11-16-9-8-14-5-1-2-7-17(14)19(16)12-13-4-3-6-15(10-13)20(21)22/h1-7,10,16H,8-9,12H2. The highest BCUT2D eigenvalue weighted by Crippen LogP contribution is 2.32. The molecule has 3 rings (SSSR count). The lowest BCUT2D eigenvalue weighted by molar-refractivity contribution is -0.384. The molecule has 1 aliphatic rings. The van der Waals surface area contributed by atoms with Crippen LogP contribution in [0.4, 0.5) is 11.4 Å². The number of hydrogen-bond donors (Lipinski definition) is 0. The molecule has 0 saturated heterocycles. The molecule has 5 heteroatoms. The predicted molar refractivity (Wildman–Crippen MR) is 83.4 cm³/mol. The van der Waals surface area contributed by atoms with Crippen molar-refractivity contribution in [2.75, 3.05) is 4.90 Å². The molecule has 1 heterocycles. The normalized spacial score (nSPS) is 16.7. The van der Waals surface area contributed by atoms with E-state index in [-0.39, 0.29) is 11.7 Å².